The number of halogens is 1. The second kappa shape index (κ2) is 4.50. The summed E-state index contributed by atoms with van der Waals surface area (Å²) in [6.45, 7) is 5.18. The molecule has 0 amide bonds. The molecule has 5 heteroatoms. The Morgan fingerprint density at radius 3 is 2.65 bits per heavy atom. The predicted molar refractivity (Wildman–Crippen MR) is 70.3 cm³/mol. The van der Waals surface area contributed by atoms with Gasteiger partial charge >= 0.3 is 0 Å². The summed E-state index contributed by atoms with van der Waals surface area (Å²) in [6.07, 6.45) is 2.11. The van der Waals surface area contributed by atoms with Gasteiger partial charge in [0.15, 0.2) is 0 Å². The van der Waals surface area contributed by atoms with Crippen LogP contribution < -0.4 is 4.90 Å². The molecule has 1 aromatic carbocycles. The van der Waals surface area contributed by atoms with Crippen LogP contribution in [0.25, 0.3) is 0 Å². The molecular weight excluding hydrogens is 258 g/mol. The van der Waals surface area contributed by atoms with Crippen molar-refractivity contribution in [1.29, 1.82) is 0 Å². The smallest absolute Gasteiger partial charge is 0.261 e. The van der Waals surface area contributed by atoms with E-state index in [1.807, 2.05) is 6.07 Å². The normalized spacial score (nSPS) is 16.1. The molecule has 0 saturated heterocycles. The SMILES string of the molecule is CC(C)N1CCCc2ccc(S(=O)(=O)Cl)cc21. The summed E-state index contributed by atoms with van der Waals surface area (Å²) in [5, 5.41) is 0. The molecule has 0 radical (unpaired) electrons. The molecule has 2 rings (SSSR count). The topological polar surface area (TPSA) is 37.4 Å². The standard InChI is InChI=1S/C12H16ClNO2S/c1-9(2)14-7-3-4-10-5-6-11(8-12(10)14)17(13,15)16/h5-6,8-9H,3-4,7H2,1-2H3. The first-order chi connectivity index (χ1) is 7.89. The molecule has 0 atom stereocenters. The van der Waals surface area contributed by atoms with Gasteiger partial charge in [-0.1, -0.05) is 6.07 Å². The van der Waals surface area contributed by atoms with E-state index in [9.17, 15) is 8.42 Å². The fraction of sp³-hybridized carbons (Fsp3) is 0.500. The van der Waals surface area contributed by atoms with Crippen molar-refractivity contribution >= 4 is 25.4 Å². The van der Waals surface area contributed by atoms with Crippen LogP contribution in [0.2, 0.25) is 0 Å². The molecule has 3 nitrogen and oxygen atoms in total. The Kier molecular flexibility index (Phi) is 3.36. The molecule has 1 heterocycles. The molecule has 1 aromatic rings. The minimum absolute atomic E-state index is 0.186. The Morgan fingerprint density at radius 1 is 1.35 bits per heavy atom. The summed E-state index contributed by atoms with van der Waals surface area (Å²) in [6, 6.07) is 5.52. The van der Waals surface area contributed by atoms with Crippen molar-refractivity contribution in [2.45, 2.75) is 37.6 Å². The van der Waals surface area contributed by atoms with Crippen molar-refractivity contribution in [2.24, 2.45) is 0 Å². The van der Waals surface area contributed by atoms with E-state index in [2.05, 4.69) is 18.7 Å². The van der Waals surface area contributed by atoms with E-state index in [0.29, 0.717) is 6.04 Å². The van der Waals surface area contributed by atoms with Crippen LogP contribution in [0.15, 0.2) is 23.1 Å². The summed E-state index contributed by atoms with van der Waals surface area (Å²) >= 11 is 0. The van der Waals surface area contributed by atoms with E-state index in [0.717, 1.165) is 25.1 Å². The van der Waals surface area contributed by atoms with Crippen LogP contribution in [0.3, 0.4) is 0 Å². The molecule has 0 fully saturated rings. The first kappa shape index (κ1) is 12.7. The molecule has 0 spiro atoms. The zero-order valence-electron chi connectivity index (χ0n) is 9.98. The first-order valence-corrected chi connectivity index (χ1v) is 8.05. The van der Waals surface area contributed by atoms with Gasteiger partial charge in [-0.2, -0.15) is 0 Å². The van der Waals surface area contributed by atoms with E-state index >= 15 is 0 Å². The van der Waals surface area contributed by atoms with Crippen LogP contribution in [-0.4, -0.2) is 21.0 Å². The van der Waals surface area contributed by atoms with Crippen molar-refractivity contribution < 1.29 is 8.42 Å². The monoisotopic (exact) mass is 273 g/mol. The maximum absolute atomic E-state index is 11.3. The van der Waals surface area contributed by atoms with Crippen LogP contribution in [0.1, 0.15) is 25.8 Å². The van der Waals surface area contributed by atoms with Gasteiger partial charge in [-0.3, -0.25) is 0 Å². The van der Waals surface area contributed by atoms with Gasteiger partial charge in [-0.05, 0) is 44.4 Å². The van der Waals surface area contributed by atoms with Crippen molar-refractivity contribution in [1.82, 2.24) is 0 Å². The number of hydrogen-bond donors (Lipinski definition) is 0. The second-order valence-corrected chi connectivity index (χ2v) is 7.19. The van der Waals surface area contributed by atoms with Crippen LogP contribution >= 0.6 is 10.7 Å². The molecule has 0 aromatic heterocycles. The zero-order chi connectivity index (χ0) is 12.6. The number of benzene rings is 1. The Morgan fingerprint density at radius 2 is 2.06 bits per heavy atom. The second-order valence-electron chi connectivity index (χ2n) is 4.62. The quantitative estimate of drug-likeness (QED) is 0.778. The van der Waals surface area contributed by atoms with Crippen LogP contribution in [0.5, 0.6) is 0 Å². The Balaban J connectivity index is 2.52. The Hall–Kier alpha value is -0.740. The third kappa shape index (κ3) is 2.58. The van der Waals surface area contributed by atoms with Crippen LogP contribution in [0, 0.1) is 0 Å². The van der Waals surface area contributed by atoms with E-state index in [1.54, 1.807) is 12.1 Å². The molecule has 1 aliphatic rings. The molecular formula is C12H16ClNO2S. The lowest BCUT2D eigenvalue weighted by molar-refractivity contribution is 0.607. The van der Waals surface area contributed by atoms with E-state index in [1.165, 1.54) is 5.56 Å². The van der Waals surface area contributed by atoms with Gasteiger partial charge in [0.05, 0.1) is 4.90 Å². The maximum atomic E-state index is 11.3. The van der Waals surface area contributed by atoms with Gasteiger partial charge in [0, 0.05) is 29.0 Å². The molecule has 94 valence electrons. The van der Waals surface area contributed by atoms with Crippen molar-refractivity contribution in [3.8, 4) is 0 Å². The largest absolute Gasteiger partial charge is 0.369 e. The van der Waals surface area contributed by atoms with Gasteiger partial charge in [0.25, 0.3) is 9.05 Å². The lowest BCUT2D eigenvalue weighted by atomic mass is 10.0. The van der Waals surface area contributed by atoms with E-state index in [-0.39, 0.29) is 4.90 Å². The van der Waals surface area contributed by atoms with Gasteiger partial charge in [-0.15, -0.1) is 0 Å². The highest BCUT2D eigenvalue weighted by atomic mass is 35.7. The minimum atomic E-state index is -3.64. The summed E-state index contributed by atoms with van der Waals surface area (Å²) in [5.74, 6) is 0. The van der Waals surface area contributed by atoms with Gasteiger partial charge in [-0.25, -0.2) is 8.42 Å². The average molecular weight is 274 g/mol. The summed E-state index contributed by atoms with van der Waals surface area (Å²) in [4.78, 5) is 2.41. The fourth-order valence-corrected chi connectivity index (χ4v) is 3.04. The average Bonchev–Trinajstić information content (AvgIpc) is 2.26. The highest BCUT2D eigenvalue weighted by molar-refractivity contribution is 8.13. The zero-order valence-corrected chi connectivity index (χ0v) is 11.6. The summed E-state index contributed by atoms with van der Waals surface area (Å²) in [7, 11) is 1.74. The van der Waals surface area contributed by atoms with Gasteiger partial charge < -0.3 is 4.90 Å². The molecule has 1 aliphatic heterocycles. The molecule has 0 unspecified atom stereocenters. The summed E-state index contributed by atoms with van der Waals surface area (Å²) < 4.78 is 22.7. The number of rotatable bonds is 2. The number of hydrogen-bond acceptors (Lipinski definition) is 3. The fourth-order valence-electron chi connectivity index (χ4n) is 2.27. The highest BCUT2D eigenvalue weighted by Gasteiger charge is 2.21. The number of aryl methyl sites for hydroxylation is 1. The maximum Gasteiger partial charge on any atom is 0.261 e. The van der Waals surface area contributed by atoms with E-state index in [4.69, 9.17) is 10.7 Å². The predicted octanol–water partition coefficient (Wildman–Crippen LogP) is 2.78. The molecule has 17 heavy (non-hydrogen) atoms. The van der Waals surface area contributed by atoms with Crippen molar-refractivity contribution in [3.63, 3.8) is 0 Å². The summed E-state index contributed by atoms with van der Waals surface area (Å²) in [5.41, 5.74) is 2.21. The van der Waals surface area contributed by atoms with Crippen LogP contribution in [-0.2, 0) is 15.5 Å². The van der Waals surface area contributed by atoms with Crippen molar-refractivity contribution in [3.05, 3.63) is 23.8 Å². The van der Waals surface area contributed by atoms with Crippen molar-refractivity contribution in [2.75, 3.05) is 11.4 Å². The third-order valence-corrected chi connectivity index (χ3v) is 4.47. The lowest BCUT2D eigenvalue weighted by Gasteiger charge is -2.34. The van der Waals surface area contributed by atoms with E-state index < -0.39 is 9.05 Å². The molecule has 0 aliphatic carbocycles. The first-order valence-electron chi connectivity index (χ1n) is 5.74. The lowest BCUT2D eigenvalue weighted by Crippen LogP contribution is -2.35. The number of nitrogens with zero attached hydrogens (tertiary/aromatic N) is 1. The Labute approximate surface area is 107 Å². The van der Waals surface area contributed by atoms with Gasteiger partial charge in [0.2, 0.25) is 0 Å². The highest BCUT2D eigenvalue weighted by Crippen LogP contribution is 2.31. The Bertz CT molecular complexity index is 525. The number of fused-ring (bicyclic) bond motifs is 1. The molecule has 0 bridgehead atoms. The third-order valence-electron chi connectivity index (χ3n) is 3.12. The molecule has 0 N–H and O–H groups in total. The molecule has 0 saturated carbocycles. The minimum Gasteiger partial charge on any atom is -0.369 e. The number of anilines is 1. The van der Waals surface area contributed by atoms with Crippen LogP contribution in [0.4, 0.5) is 5.69 Å². The van der Waals surface area contributed by atoms with Gasteiger partial charge in [0.1, 0.15) is 0 Å².